The number of morpholine rings is 1. The van der Waals surface area contributed by atoms with Gasteiger partial charge in [-0.3, -0.25) is 4.90 Å². The van der Waals surface area contributed by atoms with E-state index in [1.54, 1.807) is 7.11 Å². The maximum absolute atomic E-state index is 5.61. The zero-order valence-electron chi connectivity index (χ0n) is 15.6. The first kappa shape index (κ1) is 17.4. The number of tetrazole rings is 1. The van der Waals surface area contributed by atoms with Crippen LogP contribution in [-0.2, 0) is 10.3 Å². The molecule has 1 saturated carbocycles. The summed E-state index contributed by atoms with van der Waals surface area (Å²) < 4.78 is 13.0. The molecule has 4 rings (SSSR count). The number of aromatic nitrogens is 4. The molecule has 1 aromatic carbocycles. The van der Waals surface area contributed by atoms with Crippen LogP contribution in [0.2, 0.25) is 0 Å². The Morgan fingerprint density at radius 1 is 1.15 bits per heavy atom. The molecule has 2 aliphatic rings. The van der Waals surface area contributed by atoms with Crippen molar-refractivity contribution in [2.75, 3.05) is 33.4 Å². The molecule has 7 heteroatoms. The molecule has 0 unspecified atom stereocenters. The third-order valence-electron chi connectivity index (χ3n) is 5.92. The van der Waals surface area contributed by atoms with Crippen LogP contribution in [0.1, 0.15) is 38.4 Å². The van der Waals surface area contributed by atoms with Gasteiger partial charge in [0.25, 0.3) is 0 Å². The number of rotatable bonds is 4. The van der Waals surface area contributed by atoms with E-state index in [-0.39, 0.29) is 5.54 Å². The first-order valence-corrected chi connectivity index (χ1v) is 9.49. The molecule has 1 aliphatic carbocycles. The lowest BCUT2D eigenvalue weighted by Crippen LogP contribution is -2.54. The lowest BCUT2D eigenvalue weighted by molar-refractivity contribution is -0.0499. The van der Waals surface area contributed by atoms with Crippen LogP contribution >= 0.6 is 0 Å². The summed E-state index contributed by atoms with van der Waals surface area (Å²) in [5, 5.41) is 12.9. The Labute approximate surface area is 154 Å². The number of nitrogens with zero attached hydrogens (tertiary/aromatic N) is 5. The maximum Gasteiger partial charge on any atom is 0.177 e. The molecule has 2 heterocycles. The Bertz CT molecular complexity index is 733. The Kier molecular flexibility index (Phi) is 4.91. The van der Waals surface area contributed by atoms with E-state index in [1.807, 2.05) is 28.9 Å². The van der Waals surface area contributed by atoms with Crippen molar-refractivity contribution >= 4 is 0 Å². The highest BCUT2D eigenvalue weighted by Gasteiger charge is 2.46. The fraction of sp³-hybridized carbons (Fsp3) is 0.632. The smallest absolute Gasteiger partial charge is 0.177 e. The Balaban J connectivity index is 1.79. The van der Waals surface area contributed by atoms with Crippen molar-refractivity contribution in [1.29, 1.82) is 0 Å². The number of ether oxygens (including phenoxy) is 2. The summed E-state index contributed by atoms with van der Waals surface area (Å²) in [5.41, 5.74) is 0.752. The summed E-state index contributed by atoms with van der Waals surface area (Å²) in [5.74, 6) is 2.46. The molecule has 7 nitrogen and oxygen atoms in total. The topological polar surface area (TPSA) is 65.3 Å². The van der Waals surface area contributed by atoms with Crippen LogP contribution in [0.15, 0.2) is 24.3 Å². The van der Waals surface area contributed by atoms with Gasteiger partial charge in [0.1, 0.15) is 11.4 Å². The zero-order chi connectivity index (χ0) is 18.0. The average molecular weight is 357 g/mol. The normalized spacial score (nSPS) is 27.4. The predicted octanol–water partition coefficient (Wildman–Crippen LogP) is 2.41. The molecular weight excluding hydrogens is 330 g/mol. The van der Waals surface area contributed by atoms with E-state index < -0.39 is 0 Å². The van der Waals surface area contributed by atoms with Crippen molar-refractivity contribution in [1.82, 2.24) is 25.1 Å². The molecule has 2 fully saturated rings. The molecule has 0 amide bonds. The second-order valence-electron chi connectivity index (χ2n) is 7.40. The van der Waals surface area contributed by atoms with Gasteiger partial charge in [-0.1, -0.05) is 19.1 Å². The summed E-state index contributed by atoms with van der Waals surface area (Å²) in [6.45, 7) is 5.73. The number of benzene rings is 1. The zero-order valence-corrected chi connectivity index (χ0v) is 15.6. The number of para-hydroxylation sites is 2. The highest BCUT2D eigenvalue weighted by atomic mass is 16.5. The van der Waals surface area contributed by atoms with Gasteiger partial charge in [0.2, 0.25) is 0 Å². The maximum atomic E-state index is 5.61. The minimum Gasteiger partial charge on any atom is -0.494 e. The molecule has 0 radical (unpaired) electrons. The second kappa shape index (κ2) is 7.32. The highest BCUT2D eigenvalue weighted by Crippen LogP contribution is 2.44. The summed E-state index contributed by atoms with van der Waals surface area (Å²) in [6, 6.07) is 7.92. The predicted molar refractivity (Wildman–Crippen MR) is 97.4 cm³/mol. The van der Waals surface area contributed by atoms with Crippen LogP contribution in [0.5, 0.6) is 5.75 Å². The lowest BCUT2D eigenvalue weighted by atomic mass is 9.75. The first-order valence-electron chi connectivity index (χ1n) is 9.49. The van der Waals surface area contributed by atoms with Crippen molar-refractivity contribution in [3.63, 3.8) is 0 Å². The first-order chi connectivity index (χ1) is 12.7. The summed E-state index contributed by atoms with van der Waals surface area (Å²) in [6.07, 6.45) is 4.53. The highest BCUT2D eigenvalue weighted by molar-refractivity contribution is 5.46. The number of hydrogen-bond acceptors (Lipinski definition) is 6. The Morgan fingerprint density at radius 2 is 1.88 bits per heavy atom. The second-order valence-corrected chi connectivity index (χ2v) is 7.40. The van der Waals surface area contributed by atoms with E-state index in [9.17, 15) is 0 Å². The van der Waals surface area contributed by atoms with Crippen LogP contribution in [0, 0.1) is 5.92 Å². The molecule has 140 valence electrons. The molecule has 0 atom stereocenters. The molecule has 2 aromatic rings. The Hall–Kier alpha value is -1.99. The van der Waals surface area contributed by atoms with Crippen molar-refractivity contribution in [3.8, 4) is 11.4 Å². The monoisotopic (exact) mass is 357 g/mol. The van der Waals surface area contributed by atoms with Crippen LogP contribution in [-0.4, -0.2) is 58.5 Å². The van der Waals surface area contributed by atoms with Gasteiger partial charge in [0.15, 0.2) is 5.82 Å². The summed E-state index contributed by atoms with van der Waals surface area (Å²) >= 11 is 0. The standard InChI is InChI=1S/C19H27N5O2/c1-15-7-9-19(10-8-15,23-11-13-26-14-12-23)18-20-21-22-24(18)16-5-3-4-6-17(16)25-2/h3-6,15H,7-14H2,1-2H3. The van der Waals surface area contributed by atoms with E-state index in [1.165, 1.54) is 12.8 Å². The van der Waals surface area contributed by atoms with E-state index in [2.05, 4.69) is 27.3 Å². The van der Waals surface area contributed by atoms with Gasteiger partial charge in [0, 0.05) is 13.1 Å². The number of hydrogen-bond donors (Lipinski definition) is 0. The quantitative estimate of drug-likeness (QED) is 0.837. The van der Waals surface area contributed by atoms with Crippen LogP contribution in [0.25, 0.3) is 5.69 Å². The molecule has 0 spiro atoms. The fourth-order valence-corrected chi connectivity index (χ4v) is 4.36. The van der Waals surface area contributed by atoms with Crippen molar-refractivity contribution < 1.29 is 9.47 Å². The van der Waals surface area contributed by atoms with Crippen LogP contribution in [0.3, 0.4) is 0 Å². The van der Waals surface area contributed by atoms with Gasteiger partial charge in [-0.25, -0.2) is 0 Å². The average Bonchev–Trinajstić information content (AvgIpc) is 3.19. The molecule has 26 heavy (non-hydrogen) atoms. The Morgan fingerprint density at radius 3 is 2.62 bits per heavy atom. The van der Waals surface area contributed by atoms with Crippen LogP contribution in [0.4, 0.5) is 0 Å². The third-order valence-corrected chi connectivity index (χ3v) is 5.92. The van der Waals surface area contributed by atoms with Gasteiger partial charge in [-0.2, -0.15) is 4.68 Å². The third kappa shape index (κ3) is 2.99. The molecule has 1 saturated heterocycles. The van der Waals surface area contributed by atoms with Gasteiger partial charge in [0.05, 0.1) is 25.9 Å². The molecule has 0 bridgehead atoms. The largest absolute Gasteiger partial charge is 0.494 e. The van der Waals surface area contributed by atoms with Crippen molar-refractivity contribution in [3.05, 3.63) is 30.1 Å². The SMILES string of the molecule is COc1ccccc1-n1nnnc1C1(N2CCOCC2)CCC(C)CC1. The van der Waals surface area contributed by atoms with E-state index in [4.69, 9.17) is 9.47 Å². The van der Waals surface area contributed by atoms with Crippen molar-refractivity contribution in [2.45, 2.75) is 38.1 Å². The van der Waals surface area contributed by atoms with Gasteiger partial charge < -0.3 is 9.47 Å². The van der Waals surface area contributed by atoms with E-state index in [0.29, 0.717) is 0 Å². The van der Waals surface area contributed by atoms with Gasteiger partial charge in [-0.05, 0) is 54.2 Å². The summed E-state index contributed by atoms with van der Waals surface area (Å²) in [4.78, 5) is 2.54. The van der Waals surface area contributed by atoms with Gasteiger partial charge in [-0.15, -0.1) is 5.10 Å². The molecule has 1 aromatic heterocycles. The summed E-state index contributed by atoms with van der Waals surface area (Å²) in [7, 11) is 1.68. The fourth-order valence-electron chi connectivity index (χ4n) is 4.36. The van der Waals surface area contributed by atoms with E-state index in [0.717, 1.165) is 62.3 Å². The molecule has 1 aliphatic heterocycles. The lowest BCUT2D eigenvalue weighted by Gasteiger charge is -2.47. The molecular formula is C19H27N5O2. The van der Waals surface area contributed by atoms with Crippen molar-refractivity contribution in [2.24, 2.45) is 5.92 Å². The van der Waals surface area contributed by atoms with E-state index >= 15 is 0 Å². The van der Waals surface area contributed by atoms with Crippen LogP contribution < -0.4 is 4.74 Å². The minimum atomic E-state index is -0.138. The minimum absolute atomic E-state index is 0.138. The van der Waals surface area contributed by atoms with Gasteiger partial charge >= 0.3 is 0 Å². The number of methoxy groups -OCH3 is 1. The molecule has 0 N–H and O–H groups in total.